The molecule has 0 unspecified atom stereocenters. The van der Waals surface area contributed by atoms with Gasteiger partial charge < -0.3 is 5.73 Å². The molecule has 0 saturated heterocycles. The van der Waals surface area contributed by atoms with Gasteiger partial charge in [0.15, 0.2) is 0 Å². The molecule has 1 heteroatoms. The molecule has 0 radical (unpaired) electrons. The molecule has 0 atom stereocenters. The van der Waals surface area contributed by atoms with Crippen LogP contribution in [0.1, 0.15) is 17.5 Å². The molecule has 0 heterocycles. The quantitative estimate of drug-likeness (QED) is 0.693. The third-order valence-electron chi connectivity index (χ3n) is 2.97. The van der Waals surface area contributed by atoms with Crippen LogP contribution in [0.5, 0.6) is 0 Å². The van der Waals surface area contributed by atoms with E-state index in [0.717, 1.165) is 0 Å². The lowest BCUT2D eigenvalue weighted by Gasteiger charge is -2.16. The van der Waals surface area contributed by atoms with Crippen LogP contribution in [0.2, 0.25) is 0 Å². The Kier molecular flexibility index (Phi) is 3.02. The molecular formula is C14H17N. The van der Waals surface area contributed by atoms with Gasteiger partial charge in [0.25, 0.3) is 0 Å². The highest BCUT2D eigenvalue weighted by molar-refractivity contribution is 5.89. The first-order valence-corrected chi connectivity index (χ1v) is 5.52. The molecule has 0 aromatic heterocycles. The Bertz CT molecular complexity index is 421. The average Bonchev–Trinajstić information content (AvgIpc) is 2.33. The van der Waals surface area contributed by atoms with Gasteiger partial charge in [0.1, 0.15) is 0 Å². The van der Waals surface area contributed by atoms with Gasteiger partial charge in [-0.25, -0.2) is 0 Å². The molecule has 0 saturated carbocycles. The molecule has 0 bridgehead atoms. The largest absolute Gasteiger partial charge is 0.333 e. The second kappa shape index (κ2) is 4.45. The van der Waals surface area contributed by atoms with Crippen molar-refractivity contribution in [2.45, 2.75) is 19.3 Å². The van der Waals surface area contributed by atoms with Crippen LogP contribution in [0.4, 0.5) is 0 Å². The molecule has 15 heavy (non-hydrogen) atoms. The zero-order chi connectivity index (χ0) is 10.7. The van der Waals surface area contributed by atoms with E-state index in [4.69, 9.17) is 0 Å². The van der Waals surface area contributed by atoms with Crippen molar-refractivity contribution in [1.82, 2.24) is 0 Å². The van der Waals surface area contributed by atoms with Gasteiger partial charge in [-0.15, -0.1) is 0 Å². The highest BCUT2D eigenvalue weighted by Gasteiger charge is 2.10. The summed E-state index contributed by atoms with van der Waals surface area (Å²) >= 11 is 0. The van der Waals surface area contributed by atoms with E-state index in [0.29, 0.717) is 0 Å². The number of nitrogens with two attached hydrogens (primary N) is 1. The van der Waals surface area contributed by atoms with Crippen LogP contribution in [-0.2, 0) is 12.8 Å². The maximum atomic E-state index is 4.50. The highest BCUT2D eigenvalue weighted by Crippen LogP contribution is 2.29. The smallest absolute Gasteiger partial charge is 0.0120 e. The van der Waals surface area contributed by atoms with E-state index in [-0.39, 0.29) is 0 Å². The summed E-state index contributed by atoms with van der Waals surface area (Å²) in [6.07, 6.45) is 3.83. The lowest BCUT2D eigenvalue weighted by Crippen LogP contribution is -2.00. The summed E-state index contributed by atoms with van der Waals surface area (Å²) in [5.74, 6) is 0. The Hall–Kier alpha value is -1.34. The van der Waals surface area contributed by atoms with Crippen LogP contribution >= 0.6 is 0 Å². The predicted molar refractivity (Wildman–Crippen MR) is 66.1 cm³/mol. The molecule has 78 valence electrons. The summed E-state index contributed by atoms with van der Waals surface area (Å²) in [5.41, 5.74) is 7.58. The van der Waals surface area contributed by atoms with Crippen molar-refractivity contribution >= 4 is 10.8 Å². The van der Waals surface area contributed by atoms with Crippen molar-refractivity contribution in [3.63, 3.8) is 0 Å². The van der Waals surface area contributed by atoms with E-state index < -0.39 is 0 Å². The monoisotopic (exact) mass is 199 g/mol. The lowest BCUT2D eigenvalue weighted by atomic mass is 9.89. The topological polar surface area (TPSA) is 26.0 Å². The maximum absolute atomic E-state index is 4.50. The third-order valence-corrected chi connectivity index (χ3v) is 2.97. The highest BCUT2D eigenvalue weighted by atomic mass is 14.4. The second-order valence-corrected chi connectivity index (χ2v) is 3.79. The molecule has 2 aromatic rings. The van der Waals surface area contributed by atoms with Gasteiger partial charge >= 0.3 is 0 Å². The van der Waals surface area contributed by atoms with E-state index in [2.05, 4.69) is 42.1 Å². The summed E-state index contributed by atoms with van der Waals surface area (Å²) in [6.45, 7) is 0. The molecule has 0 aliphatic heterocycles. The normalized spacial score (nSPS) is 13.2. The Morgan fingerprint density at radius 2 is 1.40 bits per heavy atom. The Morgan fingerprint density at radius 3 is 1.93 bits per heavy atom. The lowest BCUT2D eigenvalue weighted by molar-refractivity contribution is 0.808. The van der Waals surface area contributed by atoms with Gasteiger partial charge in [-0.05, 0) is 48.2 Å². The van der Waals surface area contributed by atoms with Crippen molar-refractivity contribution in [2.24, 2.45) is 5.73 Å². The van der Waals surface area contributed by atoms with Gasteiger partial charge in [0.2, 0.25) is 0 Å². The van der Waals surface area contributed by atoms with E-state index in [1.807, 2.05) is 0 Å². The summed E-state index contributed by atoms with van der Waals surface area (Å²) < 4.78 is 0. The van der Waals surface area contributed by atoms with Gasteiger partial charge in [0.05, 0.1) is 0 Å². The molecule has 0 spiro atoms. The third kappa shape index (κ3) is 1.75. The minimum Gasteiger partial charge on any atom is -0.333 e. The zero-order valence-corrected chi connectivity index (χ0v) is 9.16. The summed E-state index contributed by atoms with van der Waals surface area (Å²) in [6, 6.07) is 13.3. The van der Waals surface area contributed by atoms with Crippen LogP contribution in [0, 0.1) is 0 Å². The second-order valence-electron chi connectivity index (χ2n) is 3.79. The number of benzene rings is 2. The minimum atomic E-state index is 1.26. The molecule has 1 nitrogen and oxygen atoms in total. The Morgan fingerprint density at radius 1 is 0.867 bits per heavy atom. The van der Waals surface area contributed by atoms with E-state index in [9.17, 15) is 0 Å². The van der Waals surface area contributed by atoms with Crippen molar-refractivity contribution in [1.29, 1.82) is 0 Å². The fourth-order valence-corrected chi connectivity index (χ4v) is 2.39. The fraction of sp³-hybridized carbons (Fsp3) is 0.286. The van der Waals surface area contributed by atoms with Gasteiger partial charge in [-0.1, -0.05) is 36.4 Å². The SMILES string of the molecule is CN.c1cc2c3c(cccc3c1)CCC2. The number of aryl methyl sites for hydroxylation is 2. The molecule has 1 aliphatic rings. The van der Waals surface area contributed by atoms with Crippen LogP contribution < -0.4 is 5.73 Å². The van der Waals surface area contributed by atoms with E-state index in [1.165, 1.54) is 37.1 Å². The average molecular weight is 199 g/mol. The minimum absolute atomic E-state index is 1.26. The van der Waals surface area contributed by atoms with Crippen LogP contribution in [0.15, 0.2) is 36.4 Å². The first-order chi connectivity index (χ1) is 7.45. The summed E-state index contributed by atoms with van der Waals surface area (Å²) in [5, 5.41) is 2.94. The molecule has 2 aromatic carbocycles. The standard InChI is InChI=1S/C13H12.CH5N/c1-4-10-6-2-8-12-9-3-7-11(5-1)13(10)12;1-2/h1-2,4-6,8H,3,7,9H2;2H2,1H3. The number of hydrogen-bond acceptors (Lipinski definition) is 1. The van der Waals surface area contributed by atoms with Crippen molar-refractivity contribution in [3.8, 4) is 0 Å². The number of hydrogen-bond donors (Lipinski definition) is 1. The molecule has 0 amide bonds. The molecule has 3 rings (SSSR count). The van der Waals surface area contributed by atoms with E-state index >= 15 is 0 Å². The Balaban J connectivity index is 0.000000404. The van der Waals surface area contributed by atoms with Crippen molar-refractivity contribution < 1.29 is 0 Å². The summed E-state index contributed by atoms with van der Waals surface area (Å²) in [4.78, 5) is 0. The van der Waals surface area contributed by atoms with Gasteiger partial charge in [0, 0.05) is 0 Å². The van der Waals surface area contributed by atoms with Crippen LogP contribution in [-0.4, -0.2) is 7.05 Å². The maximum Gasteiger partial charge on any atom is -0.0120 e. The van der Waals surface area contributed by atoms with Crippen molar-refractivity contribution in [2.75, 3.05) is 7.05 Å². The van der Waals surface area contributed by atoms with Crippen LogP contribution in [0.25, 0.3) is 10.8 Å². The van der Waals surface area contributed by atoms with Crippen LogP contribution in [0.3, 0.4) is 0 Å². The van der Waals surface area contributed by atoms with Crippen molar-refractivity contribution in [3.05, 3.63) is 47.5 Å². The number of rotatable bonds is 0. The Labute approximate surface area is 90.9 Å². The molecule has 2 N–H and O–H groups in total. The predicted octanol–water partition coefficient (Wildman–Crippen LogP) is 2.90. The zero-order valence-electron chi connectivity index (χ0n) is 9.16. The first kappa shape index (κ1) is 10.2. The van der Waals surface area contributed by atoms with E-state index in [1.54, 1.807) is 11.1 Å². The molecule has 0 fully saturated rings. The molecular weight excluding hydrogens is 182 g/mol. The summed E-state index contributed by atoms with van der Waals surface area (Å²) in [7, 11) is 1.50. The first-order valence-electron chi connectivity index (χ1n) is 5.52. The van der Waals surface area contributed by atoms with Gasteiger partial charge in [-0.3, -0.25) is 0 Å². The molecule has 1 aliphatic carbocycles. The fourth-order valence-electron chi connectivity index (χ4n) is 2.39. The van der Waals surface area contributed by atoms with Gasteiger partial charge in [-0.2, -0.15) is 0 Å².